The Kier molecular flexibility index (Phi) is 6.47. The number of ether oxygens (including phenoxy) is 2. The Morgan fingerprint density at radius 2 is 1.84 bits per heavy atom. The van der Waals surface area contributed by atoms with Crippen LogP contribution < -0.4 is 10.1 Å². The molecular formula is C25H19BrN2O4. The number of nitrogens with zero attached hydrogens (tertiary/aromatic N) is 1. The molecule has 32 heavy (non-hydrogen) atoms. The molecule has 0 aromatic heterocycles. The molecule has 0 saturated heterocycles. The van der Waals surface area contributed by atoms with Gasteiger partial charge in [0.1, 0.15) is 12.4 Å². The van der Waals surface area contributed by atoms with Crippen molar-refractivity contribution in [3.8, 4) is 5.75 Å². The van der Waals surface area contributed by atoms with E-state index in [0.29, 0.717) is 17.9 Å². The topological polar surface area (TPSA) is 77.0 Å². The van der Waals surface area contributed by atoms with Crippen molar-refractivity contribution in [1.29, 1.82) is 0 Å². The summed E-state index contributed by atoms with van der Waals surface area (Å²) in [7, 11) is 0. The van der Waals surface area contributed by atoms with E-state index in [2.05, 4.69) is 26.2 Å². The lowest BCUT2D eigenvalue weighted by Crippen LogP contribution is -2.07. The summed E-state index contributed by atoms with van der Waals surface area (Å²) in [5, 5.41) is 2.69. The van der Waals surface area contributed by atoms with Gasteiger partial charge in [0.15, 0.2) is 5.70 Å². The number of esters is 1. The van der Waals surface area contributed by atoms with Crippen LogP contribution in [-0.4, -0.2) is 17.8 Å². The zero-order valence-corrected chi connectivity index (χ0v) is 18.8. The number of rotatable bonds is 6. The van der Waals surface area contributed by atoms with Crippen LogP contribution in [0.4, 0.5) is 5.69 Å². The molecule has 7 heteroatoms. The number of carbonyl (C=O) groups excluding carboxylic acids is 2. The first-order chi connectivity index (χ1) is 15.5. The number of benzene rings is 3. The molecule has 0 unspecified atom stereocenters. The predicted molar refractivity (Wildman–Crippen MR) is 126 cm³/mol. The highest BCUT2D eigenvalue weighted by atomic mass is 79.9. The SMILES string of the molecule is CC(=O)Nc1ccc(C2=N/C(=C\c3ccc(OCc4cccc(Br)c4)cc3)C(=O)O2)cc1. The molecule has 1 aliphatic rings. The van der Waals surface area contributed by atoms with Gasteiger partial charge in [0.25, 0.3) is 0 Å². The Bertz CT molecular complexity index is 1220. The fraction of sp³-hybridized carbons (Fsp3) is 0.0800. The fourth-order valence-electron chi connectivity index (χ4n) is 3.04. The number of hydrogen-bond donors (Lipinski definition) is 1. The molecule has 1 amide bonds. The van der Waals surface area contributed by atoms with E-state index >= 15 is 0 Å². The first kappa shape index (κ1) is 21.5. The van der Waals surface area contributed by atoms with Crippen LogP contribution in [-0.2, 0) is 20.9 Å². The van der Waals surface area contributed by atoms with Crippen molar-refractivity contribution in [2.45, 2.75) is 13.5 Å². The lowest BCUT2D eigenvalue weighted by Gasteiger charge is -2.07. The lowest BCUT2D eigenvalue weighted by atomic mass is 10.2. The summed E-state index contributed by atoms with van der Waals surface area (Å²) in [5.41, 5.74) is 3.38. The van der Waals surface area contributed by atoms with Crippen molar-refractivity contribution < 1.29 is 19.1 Å². The van der Waals surface area contributed by atoms with Crippen molar-refractivity contribution in [3.05, 3.63) is 99.7 Å². The van der Waals surface area contributed by atoms with Gasteiger partial charge >= 0.3 is 5.97 Å². The van der Waals surface area contributed by atoms with Gasteiger partial charge in [-0.2, -0.15) is 0 Å². The number of hydrogen-bond acceptors (Lipinski definition) is 5. The average molecular weight is 491 g/mol. The lowest BCUT2D eigenvalue weighted by molar-refractivity contribution is -0.129. The third kappa shape index (κ3) is 5.50. The summed E-state index contributed by atoms with van der Waals surface area (Å²) < 4.78 is 12.1. The summed E-state index contributed by atoms with van der Waals surface area (Å²) in [6.07, 6.45) is 1.67. The molecule has 3 aromatic rings. The van der Waals surface area contributed by atoms with Crippen LogP contribution in [0.2, 0.25) is 0 Å². The van der Waals surface area contributed by atoms with Crippen LogP contribution in [0.5, 0.6) is 5.75 Å². The number of cyclic esters (lactones) is 1. The van der Waals surface area contributed by atoms with Crippen LogP contribution in [0.3, 0.4) is 0 Å². The molecule has 4 rings (SSSR count). The van der Waals surface area contributed by atoms with Crippen molar-refractivity contribution in [3.63, 3.8) is 0 Å². The maximum Gasteiger partial charge on any atom is 0.363 e. The molecule has 1 N–H and O–H groups in total. The fourth-order valence-corrected chi connectivity index (χ4v) is 3.49. The Morgan fingerprint density at radius 3 is 2.53 bits per heavy atom. The second-order valence-corrected chi connectivity index (χ2v) is 8.00. The molecule has 0 saturated carbocycles. The van der Waals surface area contributed by atoms with E-state index in [-0.39, 0.29) is 17.5 Å². The van der Waals surface area contributed by atoms with Gasteiger partial charge in [-0.3, -0.25) is 4.79 Å². The van der Waals surface area contributed by atoms with Crippen molar-refractivity contribution in [2.75, 3.05) is 5.32 Å². The van der Waals surface area contributed by atoms with E-state index < -0.39 is 5.97 Å². The molecule has 1 aliphatic heterocycles. The van der Waals surface area contributed by atoms with E-state index in [9.17, 15) is 9.59 Å². The Morgan fingerprint density at radius 1 is 1.09 bits per heavy atom. The van der Waals surface area contributed by atoms with Crippen molar-refractivity contribution in [1.82, 2.24) is 0 Å². The average Bonchev–Trinajstić information content (AvgIpc) is 3.13. The highest BCUT2D eigenvalue weighted by Gasteiger charge is 2.24. The van der Waals surface area contributed by atoms with Crippen LogP contribution in [0.1, 0.15) is 23.6 Å². The van der Waals surface area contributed by atoms with Crippen molar-refractivity contribution >= 4 is 45.5 Å². The molecule has 1 heterocycles. The Balaban J connectivity index is 1.43. The second kappa shape index (κ2) is 9.62. The van der Waals surface area contributed by atoms with Gasteiger partial charge in [0.2, 0.25) is 11.8 Å². The number of aliphatic imine (C=N–C) groups is 1. The van der Waals surface area contributed by atoms with Gasteiger partial charge in [0, 0.05) is 22.6 Å². The molecule has 3 aromatic carbocycles. The molecule has 6 nitrogen and oxygen atoms in total. The summed E-state index contributed by atoms with van der Waals surface area (Å²) in [5.74, 6) is 0.284. The largest absolute Gasteiger partial charge is 0.489 e. The van der Waals surface area contributed by atoms with Crippen LogP contribution >= 0.6 is 15.9 Å². The summed E-state index contributed by atoms with van der Waals surface area (Å²) >= 11 is 3.45. The number of carbonyl (C=O) groups is 2. The summed E-state index contributed by atoms with van der Waals surface area (Å²) in [4.78, 5) is 27.7. The first-order valence-electron chi connectivity index (χ1n) is 9.84. The quantitative estimate of drug-likeness (QED) is 0.374. The monoisotopic (exact) mass is 490 g/mol. The molecule has 0 bridgehead atoms. The predicted octanol–water partition coefficient (Wildman–Crippen LogP) is 5.33. The minimum atomic E-state index is -0.513. The minimum Gasteiger partial charge on any atom is -0.489 e. The minimum absolute atomic E-state index is 0.155. The highest BCUT2D eigenvalue weighted by Crippen LogP contribution is 2.22. The maximum absolute atomic E-state index is 12.2. The maximum atomic E-state index is 12.2. The van der Waals surface area contributed by atoms with Crippen LogP contribution in [0, 0.1) is 0 Å². The molecule has 0 spiro atoms. The standard InChI is InChI=1S/C25H19BrN2O4/c1-16(29)27-21-9-7-19(8-10-21)24-28-23(25(30)32-24)14-17-5-11-22(12-6-17)31-15-18-3-2-4-20(26)13-18/h2-14H,15H2,1H3,(H,27,29)/b23-14-. The third-order valence-electron chi connectivity index (χ3n) is 4.55. The van der Waals surface area contributed by atoms with Gasteiger partial charge in [-0.1, -0.05) is 40.2 Å². The zero-order valence-electron chi connectivity index (χ0n) is 17.2. The first-order valence-corrected chi connectivity index (χ1v) is 10.6. The van der Waals surface area contributed by atoms with E-state index in [4.69, 9.17) is 9.47 Å². The Hall–Kier alpha value is -3.71. The number of anilines is 1. The molecular weight excluding hydrogens is 472 g/mol. The Labute approximate surface area is 193 Å². The second-order valence-electron chi connectivity index (χ2n) is 7.08. The van der Waals surface area contributed by atoms with E-state index in [1.54, 1.807) is 30.3 Å². The smallest absolute Gasteiger partial charge is 0.363 e. The normalized spacial score (nSPS) is 14.1. The molecule has 0 atom stereocenters. The molecule has 0 fully saturated rings. The molecule has 160 valence electrons. The number of halogens is 1. The van der Waals surface area contributed by atoms with Gasteiger partial charge in [-0.15, -0.1) is 0 Å². The molecule has 0 aliphatic carbocycles. The van der Waals surface area contributed by atoms with Crippen LogP contribution in [0.15, 0.2) is 88.0 Å². The van der Waals surface area contributed by atoms with Gasteiger partial charge in [0.05, 0.1) is 0 Å². The van der Waals surface area contributed by atoms with Gasteiger partial charge < -0.3 is 14.8 Å². The van der Waals surface area contributed by atoms with E-state index in [1.165, 1.54) is 6.92 Å². The van der Waals surface area contributed by atoms with Gasteiger partial charge in [-0.05, 0) is 65.7 Å². The molecule has 0 radical (unpaired) electrons. The third-order valence-corrected chi connectivity index (χ3v) is 5.04. The van der Waals surface area contributed by atoms with Crippen molar-refractivity contribution in [2.24, 2.45) is 4.99 Å². The summed E-state index contributed by atoms with van der Waals surface area (Å²) in [6, 6.07) is 22.2. The number of amides is 1. The van der Waals surface area contributed by atoms with E-state index in [1.807, 2.05) is 48.5 Å². The summed E-state index contributed by atoms with van der Waals surface area (Å²) in [6.45, 7) is 1.90. The number of nitrogens with one attached hydrogen (secondary N) is 1. The zero-order chi connectivity index (χ0) is 22.5. The van der Waals surface area contributed by atoms with Crippen LogP contribution in [0.25, 0.3) is 6.08 Å². The van der Waals surface area contributed by atoms with E-state index in [0.717, 1.165) is 21.3 Å². The van der Waals surface area contributed by atoms with Gasteiger partial charge in [-0.25, -0.2) is 9.79 Å². The highest BCUT2D eigenvalue weighted by molar-refractivity contribution is 9.10.